The molecule has 2 aliphatic rings. The Labute approximate surface area is 149 Å². The quantitative estimate of drug-likeness (QED) is 0.425. The van der Waals surface area contributed by atoms with E-state index >= 15 is 0 Å². The van der Waals surface area contributed by atoms with Crippen LogP contribution in [0.15, 0.2) is 66.7 Å². The summed E-state index contributed by atoms with van der Waals surface area (Å²) in [6.45, 7) is 2.24. The van der Waals surface area contributed by atoms with Crippen molar-refractivity contribution in [3.8, 4) is 22.3 Å². The van der Waals surface area contributed by atoms with E-state index in [1.165, 1.54) is 50.1 Å². The van der Waals surface area contributed by atoms with E-state index in [-0.39, 0.29) is 0 Å². The highest BCUT2D eigenvalue weighted by Gasteiger charge is 2.17. The summed E-state index contributed by atoms with van der Waals surface area (Å²) < 4.78 is 0. The minimum atomic E-state index is 1.13. The fourth-order valence-corrected chi connectivity index (χ4v) is 4.20. The van der Waals surface area contributed by atoms with Gasteiger partial charge in [0.2, 0.25) is 0 Å². The summed E-state index contributed by atoms with van der Waals surface area (Å²) in [5.41, 5.74) is 12.2. The highest BCUT2D eigenvalue weighted by molar-refractivity contribution is 5.95. The third-order valence-electron chi connectivity index (χ3n) is 5.45. The number of benzene rings is 3. The number of rotatable bonds is 0. The van der Waals surface area contributed by atoms with Crippen molar-refractivity contribution in [3.05, 3.63) is 89.0 Å². The van der Waals surface area contributed by atoms with Gasteiger partial charge in [-0.05, 0) is 75.9 Å². The molecule has 0 N–H and O–H groups in total. The van der Waals surface area contributed by atoms with Crippen LogP contribution in [0.1, 0.15) is 35.6 Å². The molecule has 2 bridgehead atoms. The zero-order valence-electron chi connectivity index (χ0n) is 14.4. The fraction of sp³-hybridized carbons (Fsp3) is 0.120. The minimum absolute atomic E-state index is 1.13. The molecule has 0 fully saturated rings. The Kier molecular flexibility index (Phi) is 3.24. The molecular formula is C25H20. The van der Waals surface area contributed by atoms with Crippen LogP contribution in [0.5, 0.6) is 0 Å². The van der Waals surface area contributed by atoms with Gasteiger partial charge in [0.25, 0.3) is 0 Å². The summed E-state index contributed by atoms with van der Waals surface area (Å²) in [4.78, 5) is 0. The lowest BCUT2D eigenvalue weighted by Gasteiger charge is -2.18. The smallest absolute Gasteiger partial charge is 0.0108 e. The van der Waals surface area contributed by atoms with Gasteiger partial charge < -0.3 is 0 Å². The standard InChI is InChI=1S/C25H20/c1-17-15-25-22-11-3-2-7-18(22)13-14-24(25)20-9-6-8-19(16-20)23-12-5-4-10-21(17)23/h2,4-10,12-16H,3,11H2,1H3/b17-15+. The molecule has 0 aliphatic heterocycles. The summed E-state index contributed by atoms with van der Waals surface area (Å²) >= 11 is 0. The topological polar surface area (TPSA) is 0 Å². The molecule has 0 saturated heterocycles. The number of hydrogen-bond donors (Lipinski definition) is 0. The monoisotopic (exact) mass is 320 g/mol. The molecular weight excluding hydrogens is 300 g/mol. The summed E-state index contributed by atoms with van der Waals surface area (Å²) in [6.07, 6.45) is 9.23. The Balaban J connectivity index is 1.91. The van der Waals surface area contributed by atoms with Crippen molar-refractivity contribution in [1.29, 1.82) is 0 Å². The molecule has 2 aliphatic carbocycles. The molecule has 3 aromatic carbocycles. The first-order chi connectivity index (χ1) is 12.3. The van der Waals surface area contributed by atoms with Crippen molar-refractivity contribution in [3.63, 3.8) is 0 Å². The molecule has 25 heavy (non-hydrogen) atoms. The van der Waals surface area contributed by atoms with Crippen molar-refractivity contribution in [2.45, 2.75) is 19.8 Å². The predicted octanol–water partition coefficient (Wildman–Crippen LogP) is 6.85. The van der Waals surface area contributed by atoms with Crippen LogP contribution in [-0.2, 0) is 6.42 Å². The molecule has 0 amide bonds. The second-order valence-corrected chi connectivity index (χ2v) is 6.99. The summed E-state index contributed by atoms with van der Waals surface area (Å²) in [7, 11) is 0. The molecule has 0 heteroatoms. The predicted molar refractivity (Wildman–Crippen MR) is 108 cm³/mol. The Morgan fingerprint density at radius 3 is 2.44 bits per heavy atom. The molecule has 0 radical (unpaired) electrons. The second-order valence-electron chi connectivity index (χ2n) is 6.99. The van der Waals surface area contributed by atoms with Gasteiger partial charge in [0.1, 0.15) is 0 Å². The molecule has 3 aromatic rings. The molecule has 0 nitrogen and oxygen atoms in total. The van der Waals surface area contributed by atoms with Gasteiger partial charge in [-0.3, -0.25) is 0 Å². The largest absolute Gasteiger partial charge is 0.0836 e. The van der Waals surface area contributed by atoms with Gasteiger partial charge >= 0.3 is 0 Å². The Hall–Kier alpha value is -2.86. The number of fused-ring (bicyclic) bond motifs is 8. The maximum atomic E-state index is 2.40. The SMILES string of the molecule is C/C1=C\c2c(ccc3c2CCC=C3)-c2cccc(c2)-c2ccccc21. The first-order valence-electron chi connectivity index (χ1n) is 9.02. The van der Waals surface area contributed by atoms with Gasteiger partial charge in [0.05, 0.1) is 0 Å². The van der Waals surface area contributed by atoms with Crippen molar-refractivity contribution in [2.75, 3.05) is 0 Å². The zero-order valence-corrected chi connectivity index (χ0v) is 14.4. The summed E-state index contributed by atoms with van der Waals surface area (Å²) in [5, 5.41) is 0. The van der Waals surface area contributed by atoms with E-state index < -0.39 is 0 Å². The molecule has 0 unspecified atom stereocenters. The van der Waals surface area contributed by atoms with Gasteiger partial charge in [-0.25, -0.2) is 0 Å². The van der Waals surface area contributed by atoms with E-state index in [9.17, 15) is 0 Å². The summed E-state index contributed by atoms with van der Waals surface area (Å²) in [6, 6.07) is 22.3. The molecule has 0 saturated carbocycles. The maximum Gasteiger partial charge on any atom is -0.0108 e. The molecule has 120 valence electrons. The Morgan fingerprint density at radius 1 is 0.760 bits per heavy atom. The van der Waals surface area contributed by atoms with Crippen molar-refractivity contribution in [1.82, 2.24) is 0 Å². The van der Waals surface area contributed by atoms with E-state index in [4.69, 9.17) is 0 Å². The Bertz CT molecular complexity index is 1050. The van der Waals surface area contributed by atoms with E-state index in [1.54, 1.807) is 0 Å². The van der Waals surface area contributed by atoms with Crippen LogP contribution in [0.4, 0.5) is 0 Å². The minimum Gasteiger partial charge on any atom is -0.0836 e. The first-order valence-corrected chi connectivity index (χ1v) is 9.02. The van der Waals surface area contributed by atoms with E-state index in [1.807, 2.05) is 0 Å². The van der Waals surface area contributed by atoms with E-state index in [0.29, 0.717) is 0 Å². The van der Waals surface area contributed by atoms with Gasteiger partial charge in [0.15, 0.2) is 0 Å². The van der Waals surface area contributed by atoms with Crippen LogP contribution < -0.4 is 0 Å². The average molecular weight is 320 g/mol. The van der Waals surface area contributed by atoms with Crippen molar-refractivity contribution < 1.29 is 0 Å². The third kappa shape index (κ3) is 2.29. The summed E-state index contributed by atoms with van der Waals surface area (Å²) in [5.74, 6) is 0. The highest BCUT2D eigenvalue weighted by Crippen LogP contribution is 2.39. The molecule has 5 rings (SSSR count). The lowest BCUT2D eigenvalue weighted by molar-refractivity contribution is 0.982. The fourth-order valence-electron chi connectivity index (χ4n) is 4.20. The van der Waals surface area contributed by atoms with Gasteiger partial charge in [0, 0.05) is 0 Å². The van der Waals surface area contributed by atoms with Gasteiger partial charge in [-0.1, -0.05) is 72.8 Å². The lowest BCUT2D eigenvalue weighted by atomic mass is 9.86. The Morgan fingerprint density at radius 2 is 1.56 bits per heavy atom. The third-order valence-corrected chi connectivity index (χ3v) is 5.45. The van der Waals surface area contributed by atoms with Crippen molar-refractivity contribution in [2.24, 2.45) is 0 Å². The first kappa shape index (κ1) is 14.5. The molecule has 0 aromatic heterocycles. The zero-order chi connectivity index (χ0) is 16.8. The molecule has 0 atom stereocenters. The lowest BCUT2D eigenvalue weighted by Crippen LogP contribution is -2.00. The van der Waals surface area contributed by atoms with Crippen LogP contribution in [0.2, 0.25) is 0 Å². The van der Waals surface area contributed by atoms with Crippen molar-refractivity contribution >= 4 is 17.7 Å². The molecule has 0 spiro atoms. The number of hydrogen-bond acceptors (Lipinski definition) is 0. The van der Waals surface area contributed by atoms with E-state index in [2.05, 4.69) is 85.8 Å². The van der Waals surface area contributed by atoms with Gasteiger partial charge in [-0.15, -0.1) is 0 Å². The van der Waals surface area contributed by atoms with Crippen LogP contribution in [0, 0.1) is 0 Å². The van der Waals surface area contributed by atoms with E-state index in [0.717, 1.165) is 12.8 Å². The second kappa shape index (κ2) is 5.60. The number of allylic oxidation sites excluding steroid dienone is 2. The highest BCUT2D eigenvalue weighted by atomic mass is 14.2. The van der Waals surface area contributed by atoms with Crippen LogP contribution in [0.25, 0.3) is 40.0 Å². The van der Waals surface area contributed by atoms with Crippen LogP contribution in [0.3, 0.4) is 0 Å². The normalized spacial score (nSPS) is 16.4. The van der Waals surface area contributed by atoms with Crippen LogP contribution in [-0.4, -0.2) is 0 Å². The maximum absolute atomic E-state index is 2.40. The molecule has 0 heterocycles. The van der Waals surface area contributed by atoms with Gasteiger partial charge in [-0.2, -0.15) is 0 Å². The van der Waals surface area contributed by atoms with Crippen LogP contribution >= 0.6 is 0 Å². The average Bonchev–Trinajstić information content (AvgIpc) is 2.70.